The second kappa shape index (κ2) is 11.7. The van der Waals surface area contributed by atoms with Gasteiger partial charge in [-0.3, -0.25) is 4.79 Å². The minimum absolute atomic E-state index is 0.0531. The molecule has 0 aliphatic carbocycles. The molecule has 2 aromatic rings. The van der Waals surface area contributed by atoms with Crippen LogP contribution in [0.15, 0.2) is 35.9 Å². The lowest BCUT2D eigenvalue weighted by Gasteiger charge is -2.12. The van der Waals surface area contributed by atoms with Crippen molar-refractivity contribution in [2.75, 3.05) is 27.9 Å². The largest absolute Gasteiger partial charge is 0.497 e. The minimum Gasteiger partial charge on any atom is -0.497 e. The van der Waals surface area contributed by atoms with Crippen LogP contribution in [0.1, 0.15) is 11.1 Å². The van der Waals surface area contributed by atoms with Gasteiger partial charge in [0.25, 0.3) is 5.91 Å². The summed E-state index contributed by atoms with van der Waals surface area (Å²) in [4.78, 5) is 12.6. The number of terminal acetylenes is 1. The molecule has 2 rings (SSSR count). The average Bonchev–Trinajstić information content (AvgIpc) is 2.79. The monoisotopic (exact) mass is 532 g/mol. The second-order valence-electron chi connectivity index (χ2n) is 6.06. The van der Waals surface area contributed by atoms with E-state index in [1.165, 1.54) is 20.3 Å². The summed E-state index contributed by atoms with van der Waals surface area (Å²) >= 11 is 2.08. The number of carbonyl (C=O) groups is 1. The molecule has 0 spiro atoms. The van der Waals surface area contributed by atoms with Gasteiger partial charge in [-0.2, -0.15) is 5.26 Å². The van der Waals surface area contributed by atoms with Gasteiger partial charge in [0.2, 0.25) is 0 Å². The van der Waals surface area contributed by atoms with Crippen LogP contribution in [0.3, 0.4) is 0 Å². The number of benzene rings is 2. The van der Waals surface area contributed by atoms with E-state index in [0.29, 0.717) is 28.6 Å². The first kappa shape index (κ1) is 23.9. The van der Waals surface area contributed by atoms with E-state index in [0.717, 1.165) is 9.13 Å². The number of rotatable bonds is 9. The molecule has 0 aliphatic heterocycles. The van der Waals surface area contributed by atoms with Crippen LogP contribution in [-0.4, -0.2) is 33.8 Å². The molecule has 0 fully saturated rings. The maximum atomic E-state index is 12.6. The van der Waals surface area contributed by atoms with E-state index in [-0.39, 0.29) is 18.7 Å². The third-order valence-electron chi connectivity index (χ3n) is 4.16. The molecule has 0 bridgehead atoms. The summed E-state index contributed by atoms with van der Waals surface area (Å²) in [6.07, 6.45) is 6.73. The Labute approximate surface area is 195 Å². The number of nitrogens with zero attached hydrogens (tertiary/aromatic N) is 1. The van der Waals surface area contributed by atoms with Gasteiger partial charge >= 0.3 is 0 Å². The molecule has 8 heteroatoms. The Kier molecular flexibility index (Phi) is 9.04. The Morgan fingerprint density at radius 2 is 1.90 bits per heavy atom. The van der Waals surface area contributed by atoms with E-state index >= 15 is 0 Å². The molecule has 0 saturated heterocycles. The van der Waals surface area contributed by atoms with Crippen LogP contribution < -0.4 is 24.3 Å². The van der Waals surface area contributed by atoms with Gasteiger partial charge in [-0.05, 0) is 58.5 Å². The zero-order valence-corrected chi connectivity index (χ0v) is 19.5. The number of hydrogen-bond acceptors (Lipinski definition) is 6. The van der Waals surface area contributed by atoms with Crippen molar-refractivity contribution >= 4 is 34.6 Å². The fourth-order valence-electron chi connectivity index (χ4n) is 2.66. The second-order valence-corrected chi connectivity index (χ2v) is 7.22. The number of amides is 1. The van der Waals surface area contributed by atoms with E-state index < -0.39 is 5.91 Å². The van der Waals surface area contributed by atoms with Crippen LogP contribution >= 0.6 is 22.6 Å². The van der Waals surface area contributed by atoms with Gasteiger partial charge < -0.3 is 24.3 Å². The highest BCUT2D eigenvalue weighted by Gasteiger charge is 2.14. The van der Waals surface area contributed by atoms with Crippen molar-refractivity contribution in [2.45, 2.75) is 6.54 Å². The first-order chi connectivity index (χ1) is 15.0. The number of hydrogen-bond donors (Lipinski definition) is 1. The Balaban J connectivity index is 2.22. The summed E-state index contributed by atoms with van der Waals surface area (Å²) in [6.45, 7) is 0.285. The van der Waals surface area contributed by atoms with Crippen LogP contribution in [0.2, 0.25) is 0 Å². The van der Waals surface area contributed by atoms with Crippen LogP contribution in [0, 0.1) is 27.2 Å². The highest BCUT2D eigenvalue weighted by molar-refractivity contribution is 14.1. The van der Waals surface area contributed by atoms with Crippen molar-refractivity contribution in [3.05, 3.63) is 50.6 Å². The van der Waals surface area contributed by atoms with Crippen molar-refractivity contribution < 1.29 is 23.7 Å². The lowest BCUT2D eigenvalue weighted by molar-refractivity contribution is -0.117. The summed E-state index contributed by atoms with van der Waals surface area (Å²) in [6, 6.07) is 10.7. The molecule has 0 aromatic heterocycles. The summed E-state index contributed by atoms with van der Waals surface area (Å²) < 4.78 is 22.1. The fourth-order valence-corrected chi connectivity index (χ4v) is 3.44. The maximum Gasteiger partial charge on any atom is 0.262 e. The van der Waals surface area contributed by atoms with Gasteiger partial charge in [0.1, 0.15) is 29.7 Å². The van der Waals surface area contributed by atoms with E-state index in [9.17, 15) is 10.1 Å². The van der Waals surface area contributed by atoms with Gasteiger partial charge in [0.05, 0.1) is 24.9 Å². The molecule has 7 nitrogen and oxygen atoms in total. The van der Waals surface area contributed by atoms with Gasteiger partial charge in [-0.1, -0.05) is 5.92 Å². The molecule has 0 saturated carbocycles. The molecule has 0 unspecified atom stereocenters. The van der Waals surface area contributed by atoms with Crippen molar-refractivity contribution in [1.82, 2.24) is 5.32 Å². The van der Waals surface area contributed by atoms with Crippen molar-refractivity contribution in [2.24, 2.45) is 0 Å². The maximum absolute atomic E-state index is 12.6. The number of halogens is 1. The lowest BCUT2D eigenvalue weighted by atomic mass is 10.1. The normalized spacial score (nSPS) is 10.5. The molecule has 0 heterocycles. The molecule has 31 heavy (non-hydrogen) atoms. The van der Waals surface area contributed by atoms with E-state index in [1.54, 1.807) is 37.4 Å². The molecule has 0 aliphatic rings. The number of nitrogens with one attached hydrogen (secondary N) is 1. The van der Waals surface area contributed by atoms with Crippen LogP contribution in [0.25, 0.3) is 6.08 Å². The summed E-state index contributed by atoms with van der Waals surface area (Å²) in [5.41, 5.74) is 1.31. The number of ether oxygens (including phenoxy) is 4. The smallest absolute Gasteiger partial charge is 0.262 e. The predicted octanol–water partition coefficient (Wildman–Crippen LogP) is 3.55. The average molecular weight is 532 g/mol. The predicted molar refractivity (Wildman–Crippen MR) is 125 cm³/mol. The molecule has 0 radical (unpaired) electrons. The third kappa shape index (κ3) is 6.30. The Morgan fingerprint density at radius 3 is 2.52 bits per heavy atom. The molecule has 160 valence electrons. The van der Waals surface area contributed by atoms with Gasteiger partial charge in [-0.25, -0.2) is 0 Å². The Bertz CT molecular complexity index is 1070. The van der Waals surface area contributed by atoms with Crippen LogP contribution in [0.4, 0.5) is 0 Å². The van der Waals surface area contributed by atoms with E-state index in [2.05, 4.69) is 33.8 Å². The van der Waals surface area contributed by atoms with Gasteiger partial charge in [0.15, 0.2) is 11.5 Å². The highest BCUT2D eigenvalue weighted by atomic mass is 127. The summed E-state index contributed by atoms with van der Waals surface area (Å²) in [7, 11) is 4.60. The molecule has 1 amide bonds. The number of methoxy groups -OCH3 is 3. The van der Waals surface area contributed by atoms with Crippen molar-refractivity contribution in [1.29, 1.82) is 5.26 Å². The molecular weight excluding hydrogens is 511 g/mol. The lowest BCUT2D eigenvalue weighted by Crippen LogP contribution is -2.24. The first-order valence-corrected chi connectivity index (χ1v) is 10.1. The van der Waals surface area contributed by atoms with Crippen molar-refractivity contribution in [3.8, 4) is 41.4 Å². The quantitative estimate of drug-likeness (QED) is 0.230. The summed E-state index contributed by atoms with van der Waals surface area (Å²) in [5.74, 6) is 4.07. The molecule has 1 N–H and O–H groups in total. The highest BCUT2D eigenvalue weighted by Crippen LogP contribution is 2.34. The summed E-state index contributed by atoms with van der Waals surface area (Å²) in [5, 5.41) is 12.2. The Morgan fingerprint density at radius 1 is 1.16 bits per heavy atom. The standard InChI is InChI=1S/C23H21IN2O5/c1-5-8-31-22-19(24)10-15(11-21(22)30-4)9-17(13-25)23(27)26-14-16-6-7-18(28-2)12-20(16)29-3/h1,6-7,9-12H,8,14H2,2-4H3,(H,26,27)/b17-9+. The van der Waals surface area contributed by atoms with Crippen LogP contribution in [0.5, 0.6) is 23.0 Å². The zero-order chi connectivity index (χ0) is 22.8. The molecule has 2 aromatic carbocycles. The van der Waals surface area contributed by atoms with Gasteiger partial charge in [-0.15, -0.1) is 6.42 Å². The third-order valence-corrected chi connectivity index (χ3v) is 4.96. The Hall–Kier alpha value is -3.37. The minimum atomic E-state index is -0.512. The van der Waals surface area contributed by atoms with E-state index in [4.69, 9.17) is 25.4 Å². The van der Waals surface area contributed by atoms with Crippen molar-refractivity contribution in [3.63, 3.8) is 0 Å². The number of carbonyl (C=O) groups excluding carboxylic acids is 1. The first-order valence-electron chi connectivity index (χ1n) is 9.02. The molecule has 0 atom stereocenters. The van der Waals surface area contributed by atoms with Gasteiger partial charge in [0, 0.05) is 18.2 Å². The SMILES string of the molecule is C#CCOc1c(I)cc(/C=C(\C#N)C(=O)NCc2ccc(OC)cc2OC)cc1OC. The fraction of sp³-hybridized carbons (Fsp3) is 0.217. The topological polar surface area (TPSA) is 89.8 Å². The molecular formula is C23H21IN2O5. The zero-order valence-electron chi connectivity index (χ0n) is 17.3. The van der Waals surface area contributed by atoms with E-state index in [1.807, 2.05) is 6.07 Å². The van der Waals surface area contributed by atoms with Crippen LogP contribution in [-0.2, 0) is 11.3 Å². The number of nitriles is 1.